The molecule has 1 unspecified atom stereocenters. The summed E-state index contributed by atoms with van der Waals surface area (Å²) in [4.78, 5) is 6.57. The summed E-state index contributed by atoms with van der Waals surface area (Å²) in [5.41, 5.74) is 1.22. The van der Waals surface area contributed by atoms with E-state index in [9.17, 15) is 0 Å². The SMILES string of the molecule is CN=C(NCCCOCC1CCOCC1)NCC(C)N(C)c1ccccc1.I. The molecule has 6 nitrogen and oxygen atoms in total. The number of rotatable bonds is 10. The summed E-state index contributed by atoms with van der Waals surface area (Å²) in [5.74, 6) is 1.51. The summed E-state index contributed by atoms with van der Waals surface area (Å²) in [7, 11) is 3.93. The van der Waals surface area contributed by atoms with Crippen LogP contribution in [0.3, 0.4) is 0 Å². The zero-order valence-electron chi connectivity index (χ0n) is 17.5. The summed E-state index contributed by atoms with van der Waals surface area (Å²) in [6, 6.07) is 10.8. The third-order valence-electron chi connectivity index (χ3n) is 5.07. The van der Waals surface area contributed by atoms with Gasteiger partial charge in [-0.1, -0.05) is 18.2 Å². The quantitative estimate of drug-likeness (QED) is 0.222. The summed E-state index contributed by atoms with van der Waals surface area (Å²) < 4.78 is 11.2. The highest BCUT2D eigenvalue weighted by molar-refractivity contribution is 14.0. The van der Waals surface area contributed by atoms with Gasteiger partial charge in [-0.05, 0) is 44.2 Å². The Hall–Kier alpha value is -1.06. The van der Waals surface area contributed by atoms with Crippen LogP contribution in [-0.2, 0) is 9.47 Å². The van der Waals surface area contributed by atoms with Crippen molar-refractivity contribution < 1.29 is 9.47 Å². The molecular weight excluding hydrogens is 467 g/mol. The van der Waals surface area contributed by atoms with Crippen LogP contribution in [0.5, 0.6) is 0 Å². The maximum Gasteiger partial charge on any atom is 0.191 e. The first kappa shape index (κ1) is 25.0. The molecule has 1 aromatic rings. The molecule has 1 heterocycles. The highest BCUT2D eigenvalue weighted by Gasteiger charge is 2.13. The number of anilines is 1. The molecule has 1 aliphatic rings. The molecule has 1 atom stereocenters. The molecule has 0 bridgehead atoms. The monoisotopic (exact) mass is 504 g/mol. The van der Waals surface area contributed by atoms with Crippen LogP contribution in [0.25, 0.3) is 0 Å². The van der Waals surface area contributed by atoms with Crippen LogP contribution < -0.4 is 15.5 Å². The van der Waals surface area contributed by atoms with Crippen molar-refractivity contribution in [3.8, 4) is 0 Å². The Kier molecular flexibility index (Phi) is 13.3. The Morgan fingerprint density at radius 3 is 2.64 bits per heavy atom. The number of ether oxygens (including phenoxy) is 2. The number of para-hydroxylation sites is 1. The number of benzene rings is 1. The lowest BCUT2D eigenvalue weighted by Crippen LogP contribution is -2.45. The zero-order chi connectivity index (χ0) is 19.3. The smallest absolute Gasteiger partial charge is 0.191 e. The van der Waals surface area contributed by atoms with E-state index in [1.165, 1.54) is 5.69 Å². The van der Waals surface area contributed by atoms with E-state index in [1.54, 1.807) is 0 Å². The van der Waals surface area contributed by atoms with Gasteiger partial charge in [-0.15, -0.1) is 24.0 Å². The van der Waals surface area contributed by atoms with E-state index >= 15 is 0 Å². The maximum atomic E-state index is 5.80. The van der Waals surface area contributed by atoms with Crippen LogP contribution in [0.15, 0.2) is 35.3 Å². The molecule has 0 aliphatic carbocycles. The summed E-state index contributed by atoms with van der Waals surface area (Å²) >= 11 is 0. The van der Waals surface area contributed by atoms with Gasteiger partial charge < -0.3 is 25.0 Å². The molecule has 160 valence electrons. The minimum Gasteiger partial charge on any atom is -0.381 e. The Morgan fingerprint density at radius 1 is 1.25 bits per heavy atom. The highest BCUT2D eigenvalue weighted by Crippen LogP contribution is 2.15. The largest absolute Gasteiger partial charge is 0.381 e. The third-order valence-corrected chi connectivity index (χ3v) is 5.07. The van der Waals surface area contributed by atoms with Crippen molar-refractivity contribution in [3.05, 3.63) is 30.3 Å². The Bertz CT molecular complexity index is 538. The van der Waals surface area contributed by atoms with E-state index in [0.717, 1.165) is 64.7 Å². The molecule has 0 spiro atoms. The van der Waals surface area contributed by atoms with Gasteiger partial charge in [0.25, 0.3) is 0 Å². The van der Waals surface area contributed by atoms with Gasteiger partial charge in [0.05, 0.1) is 0 Å². The van der Waals surface area contributed by atoms with Crippen molar-refractivity contribution in [2.75, 3.05) is 58.5 Å². The van der Waals surface area contributed by atoms with Gasteiger partial charge in [-0.3, -0.25) is 4.99 Å². The number of hydrogen-bond donors (Lipinski definition) is 2. The van der Waals surface area contributed by atoms with E-state index in [1.807, 2.05) is 13.1 Å². The van der Waals surface area contributed by atoms with Crippen molar-refractivity contribution >= 4 is 35.6 Å². The van der Waals surface area contributed by atoms with E-state index in [4.69, 9.17) is 9.47 Å². The molecule has 2 N–H and O–H groups in total. The van der Waals surface area contributed by atoms with E-state index in [0.29, 0.717) is 12.0 Å². The standard InChI is InChI=1S/C21H36N4O2.HI/c1-18(25(3)20-8-5-4-6-9-20)16-24-21(22-2)23-12-7-13-27-17-19-10-14-26-15-11-19;/h4-6,8-9,18-19H,7,10-17H2,1-3H3,(H2,22,23,24);1H. The lowest BCUT2D eigenvalue weighted by atomic mass is 10.0. The summed E-state index contributed by atoms with van der Waals surface area (Å²) in [5, 5.41) is 6.77. The second-order valence-corrected chi connectivity index (χ2v) is 7.16. The zero-order valence-corrected chi connectivity index (χ0v) is 19.9. The van der Waals surface area contributed by atoms with Gasteiger partial charge in [0.1, 0.15) is 0 Å². The fourth-order valence-electron chi connectivity index (χ4n) is 3.06. The Labute approximate surface area is 187 Å². The van der Waals surface area contributed by atoms with Crippen molar-refractivity contribution in [1.82, 2.24) is 10.6 Å². The number of hydrogen-bond acceptors (Lipinski definition) is 4. The highest BCUT2D eigenvalue weighted by atomic mass is 127. The minimum absolute atomic E-state index is 0. The van der Waals surface area contributed by atoms with Crippen LogP contribution in [0.2, 0.25) is 0 Å². The first-order valence-electron chi connectivity index (χ1n) is 10.1. The van der Waals surface area contributed by atoms with Gasteiger partial charge in [0.15, 0.2) is 5.96 Å². The van der Waals surface area contributed by atoms with E-state index < -0.39 is 0 Å². The number of nitrogens with zero attached hydrogens (tertiary/aromatic N) is 2. The van der Waals surface area contributed by atoms with Gasteiger partial charge in [0, 0.05) is 65.3 Å². The van der Waals surface area contributed by atoms with Gasteiger partial charge in [0.2, 0.25) is 0 Å². The molecule has 7 heteroatoms. The fraction of sp³-hybridized carbons (Fsp3) is 0.667. The first-order chi connectivity index (χ1) is 13.2. The van der Waals surface area contributed by atoms with Crippen LogP contribution in [0.1, 0.15) is 26.2 Å². The number of guanidine groups is 1. The molecule has 0 saturated carbocycles. The number of nitrogens with one attached hydrogen (secondary N) is 2. The fourth-order valence-corrected chi connectivity index (χ4v) is 3.06. The van der Waals surface area contributed by atoms with E-state index in [2.05, 4.69) is 58.8 Å². The topological polar surface area (TPSA) is 58.1 Å². The molecular formula is C21H37IN4O2. The molecule has 1 aliphatic heterocycles. The second kappa shape index (κ2) is 14.9. The normalized spacial score (nSPS) is 16.2. The lowest BCUT2D eigenvalue weighted by Gasteiger charge is -2.27. The van der Waals surface area contributed by atoms with E-state index in [-0.39, 0.29) is 24.0 Å². The number of likely N-dealkylation sites (N-methyl/N-ethyl adjacent to an activating group) is 1. The van der Waals surface area contributed by atoms with Crippen LogP contribution in [0.4, 0.5) is 5.69 Å². The molecule has 1 fully saturated rings. The molecule has 0 aromatic heterocycles. The van der Waals surface area contributed by atoms with Gasteiger partial charge in [-0.2, -0.15) is 0 Å². The minimum atomic E-state index is 0. The molecule has 1 aromatic carbocycles. The number of aliphatic imine (C=N–C) groups is 1. The molecule has 0 radical (unpaired) electrons. The Balaban J connectivity index is 0.00000392. The van der Waals surface area contributed by atoms with Crippen LogP contribution in [-0.4, -0.2) is 65.6 Å². The Morgan fingerprint density at radius 2 is 1.96 bits per heavy atom. The number of halogens is 1. The van der Waals surface area contributed by atoms with Crippen molar-refractivity contribution in [2.45, 2.75) is 32.2 Å². The summed E-state index contributed by atoms with van der Waals surface area (Å²) in [6.45, 7) is 7.30. The van der Waals surface area contributed by atoms with Crippen molar-refractivity contribution in [1.29, 1.82) is 0 Å². The molecule has 0 amide bonds. The average molecular weight is 504 g/mol. The molecule has 28 heavy (non-hydrogen) atoms. The third kappa shape index (κ3) is 9.43. The molecule has 1 saturated heterocycles. The van der Waals surface area contributed by atoms with Gasteiger partial charge >= 0.3 is 0 Å². The maximum absolute atomic E-state index is 5.80. The predicted molar refractivity (Wildman–Crippen MR) is 128 cm³/mol. The first-order valence-corrected chi connectivity index (χ1v) is 10.1. The average Bonchev–Trinajstić information content (AvgIpc) is 2.73. The van der Waals surface area contributed by atoms with Crippen LogP contribution >= 0.6 is 24.0 Å². The second-order valence-electron chi connectivity index (χ2n) is 7.16. The van der Waals surface area contributed by atoms with Gasteiger partial charge in [-0.25, -0.2) is 0 Å². The predicted octanol–water partition coefficient (Wildman–Crippen LogP) is 3.13. The lowest BCUT2D eigenvalue weighted by molar-refractivity contribution is 0.0203. The molecule has 2 rings (SSSR count). The van der Waals surface area contributed by atoms with Crippen molar-refractivity contribution in [2.24, 2.45) is 10.9 Å². The summed E-state index contributed by atoms with van der Waals surface area (Å²) in [6.07, 6.45) is 3.23. The van der Waals surface area contributed by atoms with Crippen LogP contribution in [0, 0.1) is 5.92 Å². The van der Waals surface area contributed by atoms with Crippen molar-refractivity contribution in [3.63, 3.8) is 0 Å².